The lowest BCUT2D eigenvalue weighted by Crippen LogP contribution is -2.35. The summed E-state index contributed by atoms with van der Waals surface area (Å²) in [5.41, 5.74) is 1.41. The van der Waals surface area contributed by atoms with Crippen LogP contribution < -0.4 is 15.4 Å². The van der Waals surface area contributed by atoms with Gasteiger partial charge in [-0.25, -0.2) is 0 Å². The number of ether oxygens (including phenoxy) is 1. The Bertz CT molecular complexity index is 887. The third-order valence-corrected chi connectivity index (χ3v) is 4.52. The second kappa shape index (κ2) is 10.2. The molecule has 0 unspecified atom stereocenters. The molecule has 2 aromatic carbocycles. The average Bonchev–Trinajstić information content (AvgIpc) is 2.66. The number of halogens is 1. The van der Waals surface area contributed by atoms with Crippen molar-refractivity contribution in [1.29, 1.82) is 0 Å². The van der Waals surface area contributed by atoms with E-state index in [1.807, 2.05) is 6.92 Å². The topological polar surface area (TPSA) is 70.7 Å². The summed E-state index contributed by atoms with van der Waals surface area (Å²) in [6.45, 7) is 2.62. The Labute approximate surface area is 178 Å². The Morgan fingerprint density at radius 3 is 2.54 bits per heavy atom. The van der Waals surface area contributed by atoms with Gasteiger partial charge in [0.2, 0.25) is 0 Å². The molecule has 0 spiro atoms. The molecular weight excluding hydrogens is 442 g/mol. The van der Waals surface area contributed by atoms with Gasteiger partial charge in [0.25, 0.3) is 11.8 Å². The van der Waals surface area contributed by atoms with Gasteiger partial charge in [-0.2, -0.15) is 0 Å². The lowest BCUT2D eigenvalue weighted by atomic mass is 10.1. The Balaban J connectivity index is 2.07. The highest BCUT2D eigenvalue weighted by atomic mass is 79.9. The van der Waals surface area contributed by atoms with Crippen molar-refractivity contribution in [2.75, 3.05) is 26.0 Å². The summed E-state index contributed by atoms with van der Waals surface area (Å²) in [5, 5.41) is 5.64. The van der Waals surface area contributed by atoms with Gasteiger partial charge in [0.05, 0.1) is 22.3 Å². The Hall–Kier alpha value is -2.45. The van der Waals surface area contributed by atoms with E-state index in [4.69, 9.17) is 17.0 Å². The van der Waals surface area contributed by atoms with Crippen LogP contribution in [0.15, 0.2) is 46.9 Å². The number of carbonyl (C=O) groups excluding carboxylic acids is 2. The number of anilines is 1. The average molecular weight is 464 g/mol. The van der Waals surface area contributed by atoms with Gasteiger partial charge >= 0.3 is 0 Å². The molecule has 0 saturated heterocycles. The van der Waals surface area contributed by atoms with Crippen molar-refractivity contribution in [3.05, 3.63) is 58.1 Å². The Kier molecular flexibility index (Phi) is 7.95. The molecule has 2 amide bonds. The SMILES string of the molecule is CCCOc1ccc(C(=O)NC(=S)Nc2ccccc2C(=O)N(C)C)cc1Br. The van der Waals surface area contributed by atoms with Crippen LogP contribution in [0, 0.1) is 0 Å². The zero-order valence-electron chi connectivity index (χ0n) is 15.9. The lowest BCUT2D eigenvalue weighted by molar-refractivity contribution is 0.0828. The van der Waals surface area contributed by atoms with Crippen molar-refractivity contribution in [3.63, 3.8) is 0 Å². The molecule has 0 aromatic heterocycles. The van der Waals surface area contributed by atoms with Gasteiger partial charge < -0.3 is 15.0 Å². The fraction of sp³-hybridized carbons (Fsp3) is 0.250. The molecule has 0 saturated carbocycles. The number of amides is 2. The smallest absolute Gasteiger partial charge is 0.257 e. The Morgan fingerprint density at radius 1 is 1.18 bits per heavy atom. The van der Waals surface area contributed by atoms with E-state index in [-0.39, 0.29) is 16.9 Å². The number of hydrogen-bond donors (Lipinski definition) is 2. The van der Waals surface area contributed by atoms with E-state index in [1.165, 1.54) is 4.90 Å². The van der Waals surface area contributed by atoms with Crippen molar-refractivity contribution >= 4 is 50.8 Å². The molecule has 148 valence electrons. The van der Waals surface area contributed by atoms with Gasteiger partial charge in [-0.15, -0.1) is 0 Å². The van der Waals surface area contributed by atoms with E-state index >= 15 is 0 Å². The molecule has 0 bridgehead atoms. The zero-order chi connectivity index (χ0) is 20.7. The van der Waals surface area contributed by atoms with Crippen LogP contribution in [0.1, 0.15) is 34.1 Å². The number of nitrogens with zero attached hydrogens (tertiary/aromatic N) is 1. The summed E-state index contributed by atoms with van der Waals surface area (Å²) >= 11 is 8.64. The first-order valence-corrected chi connectivity index (χ1v) is 9.89. The maximum absolute atomic E-state index is 12.5. The fourth-order valence-electron chi connectivity index (χ4n) is 2.32. The first-order chi connectivity index (χ1) is 13.3. The van der Waals surface area contributed by atoms with E-state index in [0.717, 1.165) is 6.42 Å². The fourth-order valence-corrected chi connectivity index (χ4v) is 3.02. The van der Waals surface area contributed by atoms with E-state index < -0.39 is 0 Å². The molecule has 0 aliphatic heterocycles. The third-order valence-electron chi connectivity index (χ3n) is 3.69. The monoisotopic (exact) mass is 463 g/mol. The normalized spacial score (nSPS) is 10.1. The highest BCUT2D eigenvalue weighted by Crippen LogP contribution is 2.26. The maximum Gasteiger partial charge on any atom is 0.257 e. The Morgan fingerprint density at radius 2 is 1.89 bits per heavy atom. The molecule has 28 heavy (non-hydrogen) atoms. The standard InChI is InChI=1S/C20H22BrN3O3S/c1-4-11-27-17-10-9-13(12-15(17)21)18(25)23-20(28)22-16-8-6-5-7-14(16)19(26)24(2)3/h5-10,12H,4,11H2,1-3H3,(H2,22,23,25,28). The minimum absolute atomic E-state index is 0.103. The summed E-state index contributed by atoms with van der Waals surface area (Å²) in [6, 6.07) is 12.0. The second-order valence-electron chi connectivity index (χ2n) is 6.15. The van der Waals surface area contributed by atoms with Crippen LogP contribution >= 0.6 is 28.1 Å². The van der Waals surface area contributed by atoms with Gasteiger partial charge in [0.1, 0.15) is 5.75 Å². The number of nitrogens with one attached hydrogen (secondary N) is 2. The molecule has 0 aliphatic rings. The number of carbonyl (C=O) groups is 2. The van der Waals surface area contributed by atoms with Crippen LogP contribution in [-0.2, 0) is 0 Å². The van der Waals surface area contributed by atoms with Crippen LogP contribution in [0.2, 0.25) is 0 Å². The predicted molar refractivity (Wildman–Crippen MR) is 118 cm³/mol. The number of hydrogen-bond acceptors (Lipinski definition) is 4. The molecule has 0 atom stereocenters. The van der Waals surface area contributed by atoms with Crippen LogP contribution in [0.4, 0.5) is 5.69 Å². The number of rotatable bonds is 6. The molecule has 0 heterocycles. The summed E-state index contributed by atoms with van der Waals surface area (Å²) in [7, 11) is 3.34. The third kappa shape index (κ3) is 5.77. The summed E-state index contributed by atoms with van der Waals surface area (Å²) in [5.74, 6) is 0.149. The van der Waals surface area contributed by atoms with E-state index in [0.29, 0.717) is 33.6 Å². The van der Waals surface area contributed by atoms with Crippen molar-refractivity contribution in [2.45, 2.75) is 13.3 Å². The maximum atomic E-state index is 12.5. The van der Waals surface area contributed by atoms with Crippen LogP contribution in [0.25, 0.3) is 0 Å². The lowest BCUT2D eigenvalue weighted by Gasteiger charge is -2.16. The second-order valence-corrected chi connectivity index (χ2v) is 7.41. The quantitative estimate of drug-likeness (QED) is 0.631. The van der Waals surface area contributed by atoms with Gasteiger partial charge in [-0.3, -0.25) is 14.9 Å². The van der Waals surface area contributed by atoms with E-state index in [2.05, 4.69) is 26.6 Å². The van der Waals surface area contributed by atoms with Crippen molar-refractivity contribution in [2.24, 2.45) is 0 Å². The highest BCUT2D eigenvalue weighted by molar-refractivity contribution is 9.10. The van der Waals surface area contributed by atoms with Crippen LogP contribution in [0.5, 0.6) is 5.75 Å². The molecule has 6 nitrogen and oxygen atoms in total. The number of benzene rings is 2. The minimum Gasteiger partial charge on any atom is -0.492 e. The van der Waals surface area contributed by atoms with Crippen LogP contribution in [-0.4, -0.2) is 42.5 Å². The van der Waals surface area contributed by atoms with E-state index in [1.54, 1.807) is 56.6 Å². The van der Waals surface area contributed by atoms with Crippen molar-refractivity contribution in [3.8, 4) is 5.75 Å². The molecule has 2 aromatic rings. The summed E-state index contributed by atoms with van der Waals surface area (Å²) in [4.78, 5) is 26.2. The van der Waals surface area contributed by atoms with Crippen molar-refractivity contribution in [1.82, 2.24) is 10.2 Å². The summed E-state index contributed by atoms with van der Waals surface area (Å²) < 4.78 is 6.27. The van der Waals surface area contributed by atoms with Crippen LogP contribution in [0.3, 0.4) is 0 Å². The molecular formula is C20H22BrN3O3S. The largest absolute Gasteiger partial charge is 0.492 e. The van der Waals surface area contributed by atoms with Crippen molar-refractivity contribution < 1.29 is 14.3 Å². The number of para-hydroxylation sites is 1. The summed E-state index contributed by atoms with van der Waals surface area (Å²) in [6.07, 6.45) is 0.895. The molecule has 0 fully saturated rings. The molecule has 0 aliphatic carbocycles. The van der Waals surface area contributed by atoms with Gasteiger partial charge in [-0.05, 0) is 64.9 Å². The first kappa shape index (κ1) is 21.8. The van der Waals surface area contributed by atoms with Gasteiger partial charge in [0.15, 0.2) is 5.11 Å². The molecule has 8 heteroatoms. The first-order valence-electron chi connectivity index (χ1n) is 8.68. The van der Waals surface area contributed by atoms with E-state index in [9.17, 15) is 9.59 Å². The molecule has 2 rings (SSSR count). The zero-order valence-corrected chi connectivity index (χ0v) is 18.3. The highest BCUT2D eigenvalue weighted by Gasteiger charge is 2.15. The van der Waals surface area contributed by atoms with Gasteiger partial charge in [0, 0.05) is 19.7 Å². The predicted octanol–water partition coefficient (Wildman–Crippen LogP) is 4.07. The minimum atomic E-state index is -0.364. The van der Waals surface area contributed by atoms with Gasteiger partial charge in [-0.1, -0.05) is 19.1 Å². The number of thiocarbonyl (C=S) groups is 1. The molecule has 0 radical (unpaired) electrons. The molecule has 2 N–H and O–H groups in total.